The molecule has 1 saturated carbocycles. The highest BCUT2D eigenvalue weighted by molar-refractivity contribution is 5.76. The first-order valence-electron chi connectivity index (χ1n) is 9.52. The van der Waals surface area contributed by atoms with Crippen LogP contribution in [0.25, 0.3) is 0 Å². The summed E-state index contributed by atoms with van der Waals surface area (Å²) in [7, 11) is 0. The molecular weight excluding hydrogens is 320 g/mol. The molecule has 1 aliphatic carbocycles. The monoisotopic (exact) mass is 352 g/mol. The van der Waals surface area contributed by atoms with Crippen molar-refractivity contribution >= 4 is 11.8 Å². The number of carboxylic acids is 1. The van der Waals surface area contributed by atoms with Crippen molar-refractivity contribution in [3.63, 3.8) is 0 Å². The van der Waals surface area contributed by atoms with Crippen molar-refractivity contribution in [1.82, 2.24) is 0 Å². The summed E-state index contributed by atoms with van der Waals surface area (Å²) < 4.78 is 13.0. The van der Waals surface area contributed by atoms with E-state index in [0.717, 1.165) is 19.3 Å². The molecule has 0 radical (unpaired) electrons. The fourth-order valence-corrected chi connectivity index (χ4v) is 6.17. The van der Waals surface area contributed by atoms with Crippen molar-refractivity contribution in [3.05, 3.63) is 0 Å². The predicted molar refractivity (Wildman–Crippen MR) is 93.1 cm³/mol. The minimum Gasteiger partial charge on any atom is -0.481 e. The summed E-state index contributed by atoms with van der Waals surface area (Å²) >= 11 is 0. The van der Waals surface area contributed by atoms with Gasteiger partial charge in [0.2, 0.25) is 0 Å². The van der Waals surface area contributed by atoms with Crippen LogP contribution in [0.15, 0.2) is 0 Å². The van der Waals surface area contributed by atoms with Gasteiger partial charge in [0.25, 0.3) is 0 Å². The summed E-state index contributed by atoms with van der Waals surface area (Å²) in [6.45, 7) is 10.3. The topological polar surface area (TPSA) is 72.8 Å². The van der Waals surface area contributed by atoms with Crippen LogP contribution < -0.4 is 0 Å². The maximum absolute atomic E-state index is 11.9. The normalized spacial score (nSPS) is 45.5. The molecule has 3 aliphatic rings. The van der Waals surface area contributed by atoms with Crippen molar-refractivity contribution < 1.29 is 24.2 Å². The molecule has 3 fully saturated rings. The Morgan fingerprint density at radius 2 is 1.76 bits per heavy atom. The van der Waals surface area contributed by atoms with Crippen molar-refractivity contribution in [2.75, 3.05) is 0 Å². The zero-order valence-corrected chi connectivity index (χ0v) is 16.2. The third kappa shape index (κ3) is 2.93. The first-order valence-corrected chi connectivity index (χ1v) is 9.52. The molecule has 1 spiro atoms. The Kier molecular flexibility index (Phi) is 4.36. The molecule has 2 saturated heterocycles. The van der Waals surface area contributed by atoms with Crippen LogP contribution in [0.1, 0.15) is 79.6 Å². The molecule has 0 amide bonds. The molecule has 0 aromatic carbocycles. The Morgan fingerprint density at radius 3 is 2.36 bits per heavy atom. The Bertz CT molecular complexity index is 585. The van der Waals surface area contributed by atoms with Crippen molar-refractivity contribution in [3.8, 4) is 0 Å². The van der Waals surface area contributed by atoms with Crippen molar-refractivity contribution in [2.24, 2.45) is 16.7 Å². The summed E-state index contributed by atoms with van der Waals surface area (Å²) in [6, 6.07) is 0. The Hall–Kier alpha value is -0.940. The van der Waals surface area contributed by atoms with Crippen LogP contribution in [0, 0.1) is 16.7 Å². The third-order valence-corrected chi connectivity index (χ3v) is 7.04. The molecule has 5 atom stereocenters. The first kappa shape index (κ1) is 18.8. The van der Waals surface area contributed by atoms with Crippen LogP contribution in [0.3, 0.4) is 0 Å². The number of ketones is 1. The number of carbonyl (C=O) groups is 2. The number of carbonyl (C=O) groups excluding carboxylic acids is 1. The molecule has 25 heavy (non-hydrogen) atoms. The number of Topliss-reactive ketones (excluding diaryl/α,β-unsaturated/α-hetero) is 1. The number of fused-ring (bicyclic) bond motifs is 2. The smallest absolute Gasteiger partial charge is 0.306 e. The highest BCUT2D eigenvalue weighted by atomic mass is 16.7. The van der Waals surface area contributed by atoms with Gasteiger partial charge < -0.3 is 14.6 Å². The van der Waals surface area contributed by atoms with Gasteiger partial charge in [-0.15, -0.1) is 0 Å². The highest BCUT2D eigenvalue weighted by Crippen LogP contribution is 2.68. The van der Waals surface area contributed by atoms with Gasteiger partial charge in [-0.3, -0.25) is 9.59 Å². The molecule has 0 aromatic rings. The summed E-state index contributed by atoms with van der Waals surface area (Å²) in [4.78, 5) is 23.1. The molecule has 3 rings (SSSR count). The third-order valence-electron chi connectivity index (χ3n) is 7.04. The standard InChI is InChI=1S/C20H32O5/c1-13(21)11-14-16-17(2,3)7-6-8-19(16,5)20(24-14)10-9-18(4,25-20)12-15(22)23/h14,16H,6-12H2,1-5H3,(H,22,23)/t14-,16+,18+,19+,20+/m1/s1. The van der Waals surface area contributed by atoms with Crippen molar-refractivity contribution in [2.45, 2.75) is 97.1 Å². The summed E-state index contributed by atoms with van der Waals surface area (Å²) in [6.07, 6.45) is 4.85. The molecule has 142 valence electrons. The number of hydrogen-bond donors (Lipinski definition) is 1. The Morgan fingerprint density at radius 1 is 1.08 bits per heavy atom. The fourth-order valence-electron chi connectivity index (χ4n) is 6.17. The number of aliphatic carboxylic acids is 1. The number of ether oxygens (including phenoxy) is 2. The number of carboxylic acid groups (broad SMARTS) is 1. The minimum absolute atomic E-state index is 0.0143. The predicted octanol–water partition coefficient (Wildman–Crippen LogP) is 3.94. The lowest BCUT2D eigenvalue weighted by atomic mass is 9.53. The van der Waals surface area contributed by atoms with E-state index in [1.807, 2.05) is 6.92 Å². The lowest BCUT2D eigenvalue weighted by molar-refractivity contribution is -0.280. The van der Waals surface area contributed by atoms with E-state index in [-0.39, 0.29) is 35.1 Å². The van der Waals surface area contributed by atoms with Gasteiger partial charge in [0.15, 0.2) is 5.79 Å². The quantitative estimate of drug-likeness (QED) is 0.830. The van der Waals surface area contributed by atoms with E-state index in [1.54, 1.807) is 6.92 Å². The van der Waals surface area contributed by atoms with Gasteiger partial charge in [-0.05, 0) is 38.5 Å². The van der Waals surface area contributed by atoms with E-state index in [0.29, 0.717) is 19.3 Å². The van der Waals surface area contributed by atoms with Crippen LogP contribution in [0.4, 0.5) is 0 Å². The minimum atomic E-state index is -0.844. The maximum Gasteiger partial charge on any atom is 0.306 e. The van der Waals surface area contributed by atoms with E-state index in [1.165, 1.54) is 0 Å². The van der Waals surface area contributed by atoms with Gasteiger partial charge in [-0.1, -0.05) is 27.2 Å². The highest BCUT2D eigenvalue weighted by Gasteiger charge is 2.70. The van der Waals surface area contributed by atoms with E-state index < -0.39 is 17.4 Å². The first-order chi connectivity index (χ1) is 11.4. The molecule has 0 bridgehead atoms. The van der Waals surface area contributed by atoms with Gasteiger partial charge in [0.1, 0.15) is 5.78 Å². The van der Waals surface area contributed by atoms with Gasteiger partial charge in [0, 0.05) is 24.2 Å². The zero-order chi connectivity index (χ0) is 18.7. The van der Waals surface area contributed by atoms with E-state index in [2.05, 4.69) is 20.8 Å². The average molecular weight is 352 g/mol. The molecule has 2 aliphatic heterocycles. The number of hydrogen-bond acceptors (Lipinski definition) is 4. The lowest BCUT2D eigenvalue weighted by Gasteiger charge is -2.51. The molecule has 0 unspecified atom stereocenters. The SMILES string of the molecule is CC(=O)C[C@H]1O[C@]2(CC[C@@](C)(CC(=O)O)O2)[C@@]2(C)CCCC(C)(C)[C@H]12. The average Bonchev–Trinajstić information content (AvgIpc) is 2.85. The van der Waals surface area contributed by atoms with E-state index in [4.69, 9.17) is 9.47 Å². The molecule has 5 heteroatoms. The second-order valence-electron chi connectivity index (χ2n) is 9.68. The molecule has 5 nitrogen and oxygen atoms in total. The summed E-state index contributed by atoms with van der Waals surface area (Å²) in [5, 5.41) is 9.26. The Labute approximate surface area is 150 Å². The zero-order valence-electron chi connectivity index (χ0n) is 16.2. The molecular formula is C20H32O5. The molecule has 0 aromatic heterocycles. The van der Waals surface area contributed by atoms with Crippen LogP contribution in [-0.4, -0.2) is 34.4 Å². The van der Waals surface area contributed by atoms with E-state index in [9.17, 15) is 14.7 Å². The van der Waals surface area contributed by atoms with Gasteiger partial charge in [0.05, 0.1) is 18.1 Å². The van der Waals surface area contributed by atoms with Crippen LogP contribution in [0.2, 0.25) is 0 Å². The number of rotatable bonds is 4. The maximum atomic E-state index is 11.9. The summed E-state index contributed by atoms with van der Waals surface area (Å²) in [5.74, 6) is -1.23. The van der Waals surface area contributed by atoms with Crippen LogP contribution in [-0.2, 0) is 19.1 Å². The van der Waals surface area contributed by atoms with Gasteiger partial charge >= 0.3 is 5.97 Å². The summed E-state index contributed by atoms with van der Waals surface area (Å²) in [5.41, 5.74) is -0.816. The Balaban J connectivity index is 1.98. The van der Waals surface area contributed by atoms with Crippen molar-refractivity contribution in [1.29, 1.82) is 0 Å². The van der Waals surface area contributed by atoms with Crippen LogP contribution >= 0.6 is 0 Å². The second-order valence-corrected chi connectivity index (χ2v) is 9.68. The largest absolute Gasteiger partial charge is 0.481 e. The van der Waals surface area contributed by atoms with Gasteiger partial charge in [-0.25, -0.2) is 0 Å². The second kappa shape index (κ2) is 5.78. The lowest BCUT2D eigenvalue weighted by Crippen LogP contribution is -2.52. The molecule has 1 N–H and O–H groups in total. The van der Waals surface area contributed by atoms with Gasteiger partial charge in [-0.2, -0.15) is 0 Å². The molecule has 2 heterocycles. The van der Waals surface area contributed by atoms with Crippen LogP contribution in [0.5, 0.6) is 0 Å². The van der Waals surface area contributed by atoms with E-state index >= 15 is 0 Å². The fraction of sp³-hybridized carbons (Fsp3) is 0.900.